The Bertz CT molecular complexity index is 72.7. The fourth-order valence-corrected chi connectivity index (χ4v) is 0.615. The van der Waals surface area contributed by atoms with E-state index in [0.29, 0.717) is 6.61 Å². The van der Waals surface area contributed by atoms with Crippen molar-refractivity contribution in [3.8, 4) is 0 Å². The molecular weight excluding hydrogens is 158 g/mol. The number of hydrogen-bond donors (Lipinski definition) is 0. The fraction of sp³-hybridized carbons (Fsp3) is 1.00. The number of rotatable bonds is 0. The third kappa shape index (κ3) is 1.65. The zero-order valence-corrected chi connectivity index (χ0v) is 5.59. The normalized spacial score (nSPS) is 30.4. The van der Waals surface area contributed by atoms with Crippen LogP contribution in [-0.4, -0.2) is 16.5 Å². The van der Waals surface area contributed by atoms with Gasteiger partial charge in [-0.05, 0) is 0 Å². The van der Waals surface area contributed by atoms with Crippen LogP contribution in [0.2, 0.25) is 0 Å². The van der Waals surface area contributed by atoms with Gasteiger partial charge >= 0.3 is 0 Å². The zero-order valence-electron chi connectivity index (χ0n) is 3.33. The Labute approximate surface area is 56.5 Å². The van der Waals surface area contributed by atoms with Gasteiger partial charge in [-0.1, -0.05) is 34.8 Å². The predicted octanol–water partition coefficient (Wildman–Crippen LogP) is 1.76. The van der Waals surface area contributed by atoms with Crippen LogP contribution in [-0.2, 0) is 4.74 Å². The van der Waals surface area contributed by atoms with Crippen LogP contribution >= 0.6 is 34.8 Å². The van der Waals surface area contributed by atoms with Gasteiger partial charge in [-0.2, -0.15) is 0 Å². The predicted molar refractivity (Wildman–Crippen MR) is 30.0 cm³/mol. The summed E-state index contributed by atoms with van der Waals surface area (Å²) >= 11 is 16.0. The van der Waals surface area contributed by atoms with Gasteiger partial charge in [0.25, 0.3) is 0 Å². The third-order valence-electron chi connectivity index (χ3n) is 0.698. The average molecular weight is 161 g/mol. The van der Waals surface area contributed by atoms with E-state index in [1.54, 1.807) is 0 Å². The quantitative estimate of drug-likeness (QED) is 0.390. The molecule has 42 valence electrons. The van der Waals surface area contributed by atoms with Gasteiger partial charge in [0.2, 0.25) is 3.79 Å². The molecule has 4 heteroatoms. The first-order chi connectivity index (χ1) is 3.11. The fourth-order valence-electron chi connectivity index (χ4n) is 0.237. The van der Waals surface area contributed by atoms with Crippen molar-refractivity contribution in [2.75, 3.05) is 6.61 Å². The largest absolute Gasteiger partial charge is 0.368 e. The Morgan fingerprint density at radius 1 is 1.43 bits per heavy atom. The first-order valence-corrected chi connectivity index (χ1v) is 2.92. The second-order valence-electron chi connectivity index (χ2n) is 1.36. The Balaban J connectivity index is 2.36. The van der Waals surface area contributed by atoms with E-state index in [1.165, 1.54) is 0 Å². The molecule has 0 radical (unpaired) electrons. The summed E-state index contributed by atoms with van der Waals surface area (Å²) in [6.45, 7) is 0.580. The van der Waals surface area contributed by atoms with Crippen molar-refractivity contribution in [1.82, 2.24) is 0 Å². The molecule has 1 aliphatic heterocycles. The highest BCUT2D eigenvalue weighted by molar-refractivity contribution is 6.68. The molecule has 7 heavy (non-hydrogen) atoms. The molecule has 1 saturated heterocycles. The van der Waals surface area contributed by atoms with Gasteiger partial charge in [0, 0.05) is 0 Å². The first-order valence-electron chi connectivity index (χ1n) is 1.79. The highest BCUT2D eigenvalue weighted by atomic mass is 35.6. The number of hydrogen-bond acceptors (Lipinski definition) is 1. The van der Waals surface area contributed by atoms with Crippen molar-refractivity contribution in [2.24, 2.45) is 0 Å². The van der Waals surface area contributed by atoms with E-state index < -0.39 is 3.79 Å². The number of epoxide rings is 1. The summed E-state index contributed by atoms with van der Waals surface area (Å²) in [6.07, 6.45) is -0.155. The summed E-state index contributed by atoms with van der Waals surface area (Å²) in [5, 5.41) is 0. The highest BCUT2D eigenvalue weighted by Gasteiger charge is 2.42. The third-order valence-corrected chi connectivity index (χ3v) is 1.43. The minimum absolute atomic E-state index is 0.155. The second-order valence-corrected chi connectivity index (χ2v) is 3.73. The van der Waals surface area contributed by atoms with Crippen LogP contribution in [0.1, 0.15) is 0 Å². The van der Waals surface area contributed by atoms with Crippen LogP contribution in [0, 0.1) is 0 Å². The molecule has 1 rings (SSSR count). The van der Waals surface area contributed by atoms with Crippen LogP contribution in [0.3, 0.4) is 0 Å². The van der Waals surface area contributed by atoms with E-state index in [4.69, 9.17) is 34.8 Å². The van der Waals surface area contributed by atoms with Crippen molar-refractivity contribution in [3.63, 3.8) is 0 Å². The standard InChI is InChI=1S/C3H3Cl3O/c4-3(5,6)2-1-7-2/h2H,1H2/t2-/m1/s1. The summed E-state index contributed by atoms with van der Waals surface area (Å²) in [4.78, 5) is 0. The van der Waals surface area contributed by atoms with Gasteiger partial charge < -0.3 is 4.74 Å². The SMILES string of the molecule is ClC(Cl)(Cl)[C@H]1CO1. The molecule has 0 bridgehead atoms. The Kier molecular flexibility index (Phi) is 1.41. The molecule has 0 aromatic rings. The van der Waals surface area contributed by atoms with Crippen LogP contribution in [0.4, 0.5) is 0 Å². The molecular formula is C3H3Cl3O. The van der Waals surface area contributed by atoms with E-state index in [0.717, 1.165) is 0 Å². The molecule has 0 aromatic heterocycles. The molecule has 0 saturated carbocycles. The van der Waals surface area contributed by atoms with Gasteiger partial charge in [0.05, 0.1) is 6.61 Å². The number of alkyl halides is 3. The van der Waals surface area contributed by atoms with Gasteiger partial charge in [0.15, 0.2) is 0 Å². The van der Waals surface area contributed by atoms with E-state index in [9.17, 15) is 0 Å². The maximum Gasteiger partial charge on any atom is 0.218 e. The molecule has 0 aliphatic carbocycles. The van der Waals surface area contributed by atoms with Crippen molar-refractivity contribution in [3.05, 3.63) is 0 Å². The monoisotopic (exact) mass is 160 g/mol. The number of halogens is 3. The maximum absolute atomic E-state index is 5.34. The smallest absolute Gasteiger partial charge is 0.218 e. The van der Waals surface area contributed by atoms with E-state index >= 15 is 0 Å². The molecule has 0 N–H and O–H groups in total. The lowest BCUT2D eigenvalue weighted by Crippen LogP contribution is -2.10. The summed E-state index contributed by atoms with van der Waals surface area (Å²) < 4.78 is 3.48. The minimum Gasteiger partial charge on any atom is -0.368 e. The van der Waals surface area contributed by atoms with Crippen molar-refractivity contribution < 1.29 is 4.74 Å². The lowest BCUT2D eigenvalue weighted by molar-refractivity contribution is 0.411. The van der Waals surface area contributed by atoms with Crippen LogP contribution in [0.25, 0.3) is 0 Å². The lowest BCUT2D eigenvalue weighted by Gasteiger charge is -2.02. The summed E-state index contributed by atoms with van der Waals surface area (Å²) in [7, 11) is 0. The van der Waals surface area contributed by atoms with E-state index in [-0.39, 0.29) is 6.10 Å². The minimum atomic E-state index is -1.19. The van der Waals surface area contributed by atoms with Crippen molar-refractivity contribution in [2.45, 2.75) is 9.90 Å². The van der Waals surface area contributed by atoms with E-state index in [2.05, 4.69) is 4.74 Å². The summed E-state index contributed by atoms with van der Waals surface area (Å²) in [5.74, 6) is 0. The molecule has 1 nitrogen and oxygen atoms in total. The topological polar surface area (TPSA) is 12.5 Å². The maximum atomic E-state index is 5.34. The van der Waals surface area contributed by atoms with Crippen LogP contribution < -0.4 is 0 Å². The van der Waals surface area contributed by atoms with Gasteiger partial charge in [-0.3, -0.25) is 0 Å². The van der Waals surface area contributed by atoms with Gasteiger partial charge in [0.1, 0.15) is 6.10 Å². The van der Waals surface area contributed by atoms with Gasteiger partial charge in [-0.25, -0.2) is 0 Å². The molecule has 1 aliphatic rings. The molecule has 1 atom stereocenters. The molecule has 1 fully saturated rings. The Hall–Kier alpha value is 0.830. The highest BCUT2D eigenvalue weighted by Crippen LogP contribution is 2.38. The van der Waals surface area contributed by atoms with Gasteiger partial charge in [-0.15, -0.1) is 0 Å². The summed E-state index contributed by atoms with van der Waals surface area (Å²) in [5.41, 5.74) is 0. The van der Waals surface area contributed by atoms with Crippen molar-refractivity contribution >= 4 is 34.8 Å². The first kappa shape index (κ1) is 5.96. The Morgan fingerprint density at radius 3 is 1.86 bits per heavy atom. The number of ether oxygens (including phenoxy) is 1. The van der Waals surface area contributed by atoms with Crippen LogP contribution in [0.15, 0.2) is 0 Å². The zero-order chi connectivity index (χ0) is 5.49. The molecule has 1 heterocycles. The second kappa shape index (κ2) is 1.66. The molecule has 0 unspecified atom stereocenters. The lowest BCUT2D eigenvalue weighted by atomic mass is 10.6. The Morgan fingerprint density at radius 2 is 1.86 bits per heavy atom. The molecule has 0 amide bonds. The molecule has 0 spiro atoms. The average Bonchev–Trinajstić information content (AvgIpc) is 1.99. The van der Waals surface area contributed by atoms with Crippen molar-refractivity contribution in [1.29, 1.82) is 0 Å². The van der Waals surface area contributed by atoms with Crippen LogP contribution in [0.5, 0.6) is 0 Å². The molecule has 0 aromatic carbocycles. The van der Waals surface area contributed by atoms with E-state index in [1.807, 2.05) is 0 Å². The summed E-state index contributed by atoms with van der Waals surface area (Å²) in [6, 6.07) is 0.